The van der Waals surface area contributed by atoms with Gasteiger partial charge in [0.2, 0.25) is 0 Å². The molecule has 0 saturated carbocycles. The van der Waals surface area contributed by atoms with Crippen molar-refractivity contribution < 1.29 is 0 Å². The van der Waals surface area contributed by atoms with Gasteiger partial charge in [-0.1, -0.05) is 66.8 Å². The van der Waals surface area contributed by atoms with Crippen LogP contribution in [-0.4, -0.2) is 19.1 Å². The van der Waals surface area contributed by atoms with Gasteiger partial charge in [0.1, 0.15) is 11.3 Å². The Morgan fingerprint density at radius 2 is 1.52 bits per heavy atom. The molecule has 0 fully saturated rings. The smallest absolute Gasteiger partial charge is 0.164 e. The summed E-state index contributed by atoms with van der Waals surface area (Å²) in [6.45, 7) is 0. The second kappa shape index (κ2) is 9.35. The molecule has 2 aliphatic carbocycles. The summed E-state index contributed by atoms with van der Waals surface area (Å²) < 4.78 is 4.65. The molecule has 3 heterocycles. The lowest BCUT2D eigenvalue weighted by Gasteiger charge is -2.15. The van der Waals surface area contributed by atoms with Crippen LogP contribution in [0.5, 0.6) is 0 Å². The van der Waals surface area contributed by atoms with Crippen molar-refractivity contribution in [2.24, 2.45) is 0 Å². The van der Waals surface area contributed by atoms with Crippen LogP contribution in [0.4, 0.5) is 0 Å². The summed E-state index contributed by atoms with van der Waals surface area (Å²) in [4.78, 5) is 10.1. The normalized spacial score (nSPS) is 14.6. The summed E-state index contributed by atoms with van der Waals surface area (Å²) in [5.74, 6) is 0.931. The van der Waals surface area contributed by atoms with Gasteiger partial charge in [-0.2, -0.15) is 0 Å². The first-order valence-electron chi connectivity index (χ1n) is 14.0. The number of nitrogens with zero attached hydrogens (tertiary/aromatic N) is 4. The Morgan fingerprint density at radius 3 is 2.38 bits per heavy atom. The molecule has 0 amide bonds. The molecule has 0 atom stereocenters. The Labute approximate surface area is 233 Å². The summed E-state index contributed by atoms with van der Waals surface area (Å²) in [5.41, 5.74) is 11.5. The number of rotatable bonds is 4. The summed E-state index contributed by atoms with van der Waals surface area (Å²) in [6.07, 6.45) is 17.3. The molecule has 3 aromatic carbocycles. The Morgan fingerprint density at radius 1 is 0.700 bits per heavy atom. The molecule has 0 N–H and O–H groups in total. The number of aryl methyl sites for hydroxylation is 1. The summed E-state index contributed by atoms with van der Waals surface area (Å²) >= 11 is 0. The number of aromatic nitrogens is 4. The Bertz CT molecular complexity index is 1980. The van der Waals surface area contributed by atoms with Crippen LogP contribution in [0.25, 0.3) is 62.0 Å². The van der Waals surface area contributed by atoms with Gasteiger partial charge >= 0.3 is 0 Å². The zero-order valence-electron chi connectivity index (χ0n) is 22.2. The molecule has 0 radical (unpaired) electrons. The van der Waals surface area contributed by atoms with Gasteiger partial charge in [0.15, 0.2) is 5.65 Å². The Kier molecular flexibility index (Phi) is 5.37. The highest BCUT2D eigenvalue weighted by atomic mass is 15.1. The molecule has 4 heteroatoms. The standard InChI is InChI=1S/C36H28N4/c1-3-11-25(12-4-1)27-23-32-36(37-24-27)40(28-13-5-2-6-14-28)35(38-32)26-19-21-29(22-20-26)39-33-17-9-7-15-30(33)31-16-8-10-18-34(31)39/h1-5,7,9-13,15,17-24H,6,8,14,16H2. The van der Waals surface area contributed by atoms with Gasteiger partial charge in [-0.05, 0) is 85.4 Å². The molecule has 8 rings (SSSR count). The van der Waals surface area contributed by atoms with Gasteiger partial charge in [0, 0.05) is 39.8 Å². The molecule has 4 nitrogen and oxygen atoms in total. The lowest BCUT2D eigenvalue weighted by Crippen LogP contribution is -2.03. The molecule has 40 heavy (non-hydrogen) atoms. The minimum absolute atomic E-state index is 0.899. The van der Waals surface area contributed by atoms with Crippen LogP contribution < -0.4 is 0 Å². The molecule has 3 aromatic heterocycles. The minimum atomic E-state index is 0.899. The van der Waals surface area contributed by atoms with E-state index in [9.17, 15) is 0 Å². The first-order chi connectivity index (χ1) is 19.8. The van der Waals surface area contributed by atoms with E-state index in [4.69, 9.17) is 9.97 Å². The monoisotopic (exact) mass is 516 g/mol. The predicted molar refractivity (Wildman–Crippen MR) is 165 cm³/mol. The van der Waals surface area contributed by atoms with E-state index in [1.54, 1.807) is 0 Å². The van der Waals surface area contributed by atoms with Crippen LogP contribution in [-0.2, 0) is 6.42 Å². The van der Waals surface area contributed by atoms with Gasteiger partial charge in [-0.25, -0.2) is 9.97 Å². The largest absolute Gasteiger partial charge is 0.310 e. The van der Waals surface area contributed by atoms with E-state index in [1.807, 2.05) is 12.3 Å². The van der Waals surface area contributed by atoms with E-state index >= 15 is 0 Å². The van der Waals surface area contributed by atoms with Crippen molar-refractivity contribution in [1.82, 2.24) is 19.1 Å². The molecule has 0 saturated heterocycles. The number of hydrogen-bond donors (Lipinski definition) is 0. The number of para-hydroxylation sites is 1. The average Bonchev–Trinajstić information content (AvgIpc) is 3.58. The summed E-state index contributed by atoms with van der Waals surface area (Å²) in [6, 6.07) is 30.2. The number of imidazole rings is 1. The summed E-state index contributed by atoms with van der Waals surface area (Å²) in [7, 11) is 0. The van der Waals surface area contributed by atoms with Crippen LogP contribution in [0.1, 0.15) is 30.5 Å². The van der Waals surface area contributed by atoms with Gasteiger partial charge in [-0.15, -0.1) is 0 Å². The first kappa shape index (κ1) is 23.0. The van der Waals surface area contributed by atoms with Crippen molar-refractivity contribution in [1.29, 1.82) is 0 Å². The highest BCUT2D eigenvalue weighted by molar-refractivity contribution is 5.91. The van der Waals surface area contributed by atoms with E-state index in [-0.39, 0.29) is 0 Å². The Hall–Kier alpha value is -4.96. The van der Waals surface area contributed by atoms with Crippen LogP contribution >= 0.6 is 0 Å². The Balaban J connectivity index is 1.27. The molecule has 192 valence electrons. The maximum absolute atomic E-state index is 5.17. The zero-order chi connectivity index (χ0) is 26.5. The lowest BCUT2D eigenvalue weighted by molar-refractivity contribution is 0.952. The third-order valence-corrected chi connectivity index (χ3v) is 8.12. The third-order valence-electron chi connectivity index (χ3n) is 8.12. The van der Waals surface area contributed by atoms with Crippen LogP contribution in [0.3, 0.4) is 0 Å². The van der Waals surface area contributed by atoms with Crippen LogP contribution in [0.2, 0.25) is 0 Å². The fraction of sp³-hybridized carbons (Fsp3) is 0.111. The van der Waals surface area contributed by atoms with Crippen LogP contribution in [0.15, 0.2) is 115 Å². The van der Waals surface area contributed by atoms with E-state index in [1.165, 1.54) is 33.5 Å². The van der Waals surface area contributed by atoms with E-state index in [2.05, 4.69) is 118 Å². The molecule has 0 unspecified atom stereocenters. The van der Waals surface area contributed by atoms with E-state index in [0.717, 1.165) is 59.4 Å². The molecule has 6 aromatic rings. The highest BCUT2D eigenvalue weighted by Crippen LogP contribution is 2.36. The molecule has 0 spiro atoms. The SMILES string of the molecule is C1=CCCC(n2c(-c3ccc(-n4c5c(c6ccccc64)CCC=C5)cc3)nc3cc(-c4ccccc4)cnc32)=C1. The van der Waals surface area contributed by atoms with Crippen LogP contribution in [0, 0.1) is 0 Å². The highest BCUT2D eigenvalue weighted by Gasteiger charge is 2.20. The zero-order valence-corrected chi connectivity index (χ0v) is 22.2. The van der Waals surface area contributed by atoms with Crippen molar-refractivity contribution in [2.45, 2.75) is 25.7 Å². The number of allylic oxidation sites excluding steroid dienone is 5. The second-order valence-electron chi connectivity index (χ2n) is 10.5. The first-order valence-corrected chi connectivity index (χ1v) is 14.0. The quantitative estimate of drug-likeness (QED) is 0.235. The predicted octanol–water partition coefficient (Wildman–Crippen LogP) is 8.86. The van der Waals surface area contributed by atoms with Gasteiger partial charge in [-0.3, -0.25) is 4.57 Å². The van der Waals surface area contributed by atoms with E-state index < -0.39 is 0 Å². The molecular formula is C36H28N4. The molecule has 0 bridgehead atoms. The van der Waals surface area contributed by atoms with Gasteiger partial charge in [0.25, 0.3) is 0 Å². The van der Waals surface area contributed by atoms with Gasteiger partial charge < -0.3 is 4.57 Å². The molecule has 0 aliphatic heterocycles. The van der Waals surface area contributed by atoms with Crippen molar-refractivity contribution >= 4 is 33.8 Å². The molecular weight excluding hydrogens is 488 g/mol. The number of hydrogen-bond acceptors (Lipinski definition) is 2. The molecule has 2 aliphatic rings. The topological polar surface area (TPSA) is 35.6 Å². The van der Waals surface area contributed by atoms with Crippen molar-refractivity contribution in [2.75, 3.05) is 0 Å². The number of fused-ring (bicyclic) bond motifs is 4. The number of pyridine rings is 1. The second-order valence-corrected chi connectivity index (χ2v) is 10.5. The third kappa shape index (κ3) is 3.68. The average molecular weight is 517 g/mol. The van der Waals surface area contributed by atoms with Crippen molar-refractivity contribution in [3.05, 3.63) is 127 Å². The maximum atomic E-state index is 5.17. The van der Waals surface area contributed by atoms with E-state index in [0.29, 0.717) is 0 Å². The van der Waals surface area contributed by atoms with Crippen molar-refractivity contribution in [3.8, 4) is 28.2 Å². The van der Waals surface area contributed by atoms with Gasteiger partial charge in [0.05, 0.1) is 5.52 Å². The number of benzene rings is 3. The fourth-order valence-electron chi connectivity index (χ4n) is 6.22. The lowest BCUT2D eigenvalue weighted by atomic mass is 10.0. The minimum Gasteiger partial charge on any atom is -0.310 e. The van der Waals surface area contributed by atoms with Crippen molar-refractivity contribution in [3.63, 3.8) is 0 Å². The summed E-state index contributed by atoms with van der Waals surface area (Å²) in [5, 5.41) is 1.35. The fourth-order valence-corrected chi connectivity index (χ4v) is 6.22. The maximum Gasteiger partial charge on any atom is 0.164 e.